The summed E-state index contributed by atoms with van der Waals surface area (Å²) < 4.78 is 24.0. The van der Waals surface area contributed by atoms with Gasteiger partial charge in [0.25, 0.3) is 0 Å². The molecule has 4 rings (SSSR count). The van der Waals surface area contributed by atoms with Gasteiger partial charge in [0, 0.05) is 21.5 Å². The Bertz CT molecular complexity index is 1100. The summed E-state index contributed by atoms with van der Waals surface area (Å²) in [5.41, 5.74) is 2.31. The van der Waals surface area contributed by atoms with Crippen LogP contribution in [0.2, 0.25) is 5.02 Å². The smallest absolute Gasteiger partial charge is 0.233 e. The Hall–Kier alpha value is -2.77. The molecule has 0 N–H and O–H groups in total. The van der Waals surface area contributed by atoms with Crippen molar-refractivity contribution in [2.45, 2.75) is 6.42 Å². The lowest BCUT2D eigenvalue weighted by Gasteiger charge is -2.01. The Balaban J connectivity index is 1.52. The Morgan fingerprint density at radius 2 is 2.04 bits per heavy atom. The van der Waals surface area contributed by atoms with E-state index in [-0.39, 0.29) is 5.75 Å². The monoisotopic (exact) mass is 401 g/mol. The molecule has 0 unspecified atom stereocenters. The quantitative estimate of drug-likeness (QED) is 0.457. The van der Waals surface area contributed by atoms with Gasteiger partial charge in [-0.1, -0.05) is 28.9 Å². The van der Waals surface area contributed by atoms with Crippen molar-refractivity contribution in [2.75, 3.05) is 7.11 Å². The first-order valence-electron chi connectivity index (χ1n) is 7.99. The molecule has 136 valence electrons. The van der Waals surface area contributed by atoms with E-state index < -0.39 is 5.82 Å². The third kappa shape index (κ3) is 3.84. The molecule has 0 saturated carbocycles. The first-order chi connectivity index (χ1) is 13.1. The Kier molecular flexibility index (Phi) is 4.87. The molecule has 0 radical (unpaired) electrons. The molecule has 2 aromatic heterocycles. The van der Waals surface area contributed by atoms with E-state index in [4.69, 9.17) is 20.9 Å². The number of ether oxygens (including phenoxy) is 1. The van der Waals surface area contributed by atoms with Gasteiger partial charge in [-0.05, 0) is 30.3 Å². The highest BCUT2D eigenvalue weighted by Gasteiger charge is 2.14. The predicted molar refractivity (Wildman–Crippen MR) is 102 cm³/mol. The van der Waals surface area contributed by atoms with Gasteiger partial charge in [0.1, 0.15) is 5.01 Å². The van der Waals surface area contributed by atoms with Crippen molar-refractivity contribution in [3.05, 3.63) is 69.6 Å². The fraction of sp³-hybridized carbons (Fsp3) is 0.105. The second-order valence-electron chi connectivity index (χ2n) is 5.67. The van der Waals surface area contributed by atoms with E-state index in [1.807, 2.05) is 29.6 Å². The zero-order valence-corrected chi connectivity index (χ0v) is 15.7. The van der Waals surface area contributed by atoms with Crippen LogP contribution in [-0.4, -0.2) is 22.2 Å². The number of aromatic nitrogens is 3. The lowest BCUT2D eigenvalue weighted by molar-refractivity contribution is 0.384. The highest BCUT2D eigenvalue weighted by molar-refractivity contribution is 7.10. The molecule has 27 heavy (non-hydrogen) atoms. The Morgan fingerprint density at radius 1 is 1.15 bits per heavy atom. The molecule has 5 nitrogen and oxygen atoms in total. The molecular formula is C19H13ClFN3O2S. The number of rotatable bonds is 5. The van der Waals surface area contributed by atoms with Crippen LogP contribution in [0.15, 0.2) is 52.4 Å². The van der Waals surface area contributed by atoms with Crippen molar-refractivity contribution in [1.29, 1.82) is 0 Å². The molecule has 0 aliphatic heterocycles. The van der Waals surface area contributed by atoms with E-state index in [9.17, 15) is 4.39 Å². The summed E-state index contributed by atoms with van der Waals surface area (Å²) >= 11 is 7.53. The fourth-order valence-corrected chi connectivity index (χ4v) is 3.54. The first kappa shape index (κ1) is 17.6. The van der Waals surface area contributed by atoms with Crippen LogP contribution < -0.4 is 4.74 Å². The van der Waals surface area contributed by atoms with Crippen molar-refractivity contribution in [3.8, 4) is 28.4 Å². The molecular weight excluding hydrogens is 389 g/mol. The van der Waals surface area contributed by atoms with Gasteiger partial charge >= 0.3 is 0 Å². The van der Waals surface area contributed by atoms with Crippen LogP contribution in [0.4, 0.5) is 4.39 Å². The van der Waals surface area contributed by atoms with Gasteiger partial charge in [-0.3, -0.25) is 0 Å². The highest BCUT2D eigenvalue weighted by atomic mass is 35.5. The van der Waals surface area contributed by atoms with Crippen molar-refractivity contribution in [2.24, 2.45) is 0 Å². The Labute approximate surface area is 163 Å². The van der Waals surface area contributed by atoms with Gasteiger partial charge in [-0.15, -0.1) is 11.3 Å². The molecule has 8 heteroatoms. The summed E-state index contributed by atoms with van der Waals surface area (Å²) in [5.74, 6) is 0.414. The molecule has 4 aromatic rings. The fourth-order valence-electron chi connectivity index (χ4n) is 2.55. The zero-order valence-electron chi connectivity index (χ0n) is 14.1. The molecule has 0 bridgehead atoms. The number of halogens is 2. The molecule has 0 atom stereocenters. The molecule has 0 spiro atoms. The second-order valence-corrected chi connectivity index (χ2v) is 7.05. The standard InChI is InChI=1S/C19H13ClFN3O2S/c1-25-16-6-5-12(8-14(16)21)19-23-17(26-24-19)9-18-22-15(10-27-18)11-3-2-4-13(20)7-11/h2-8,10H,9H2,1H3. The lowest BCUT2D eigenvalue weighted by Crippen LogP contribution is -1.90. The largest absolute Gasteiger partial charge is 0.494 e. The molecule has 0 aliphatic rings. The number of methoxy groups -OCH3 is 1. The van der Waals surface area contributed by atoms with Crippen LogP contribution in [0.25, 0.3) is 22.6 Å². The zero-order chi connectivity index (χ0) is 18.8. The number of hydrogen-bond donors (Lipinski definition) is 0. The lowest BCUT2D eigenvalue weighted by atomic mass is 10.2. The maximum absolute atomic E-state index is 13.9. The number of thiazole rings is 1. The number of nitrogens with zero attached hydrogens (tertiary/aromatic N) is 3. The van der Waals surface area contributed by atoms with Crippen molar-refractivity contribution < 1.29 is 13.7 Å². The van der Waals surface area contributed by atoms with E-state index in [2.05, 4.69) is 15.1 Å². The third-order valence-corrected chi connectivity index (χ3v) is 4.94. The number of hydrogen-bond acceptors (Lipinski definition) is 6. The summed E-state index contributed by atoms with van der Waals surface area (Å²) in [6.45, 7) is 0. The van der Waals surface area contributed by atoms with Gasteiger partial charge in [0.15, 0.2) is 11.6 Å². The van der Waals surface area contributed by atoms with Crippen LogP contribution in [-0.2, 0) is 6.42 Å². The van der Waals surface area contributed by atoms with E-state index in [1.54, 1.807) is 6.07 Å². The maximum Gasteiger partial charge on any atom is 0.233 e. The predicted octanol–water partition coefficient (Wildman–Crippen LogP) is 5.25. The van der Waals surface area contributed by atoms with E-state index in [0.717, 1.165) is 16.3 Å². The second kappa shape index (κ2) is 7.46. The van der Waals surface area contributed by atoms with Crippen molar-refractivity contribution in [1.82, 2.24) is 15.1 Å². The average Bonchev–Trinajstić information content (AvgIpc) is 3.32. The SMILES string of the molecule is COc1ccc(-c2noc(Cc3nc(-c4cccc(Cl)c4)cs3)n2)cc1F. The molecule has 2 heterocycles. The van der Waals surface area contributed by atoms with Crippen LogP contribution in [0.5, 0.6) is 5.75 Å². The maximum atomic E-state index is 13.9. The molecule has 0 aliphatic carbocycles. The van der Waals surface area contributed by atoms with E-state index in [1.165, 1.54) is 30.6 Å². The van der Waals surface area contributed by atoms with Gasteiger partial charge in [-0.25, -0.2) is 9.37 Å². The van der Waals surface area contributed by atoms with Gasteiger partial charge < -0.3 is 9.26 Å². The summed E-state index contributed by atoms with van der Waals surface area (Å²) in [6, 6.07) is 12.0. The van der Waals surface area contributed by atoms with Crippen LogP contribution >= 0.6 is 22.9 Å². The molecule has 2 aromatic carbocycles. The summed E-state index contributed by atoms with van der Waals surface area (Å²) in [5, 5.41) is 7.37. The van der Waals surface area contributed by atoms with Crippen molar-refractivity contribution >= 4 is 22.9 Å². The normalized spacial score (nSPS) is 10.9. The molecule has 0 fully saturated rings. The topological polar surface area (TPSA) is 61.0 Å². The highest BCUT2D eigenvalue weighted by Crippen LogP contribution is 2.27. The average molecular weight is 402 g/mol. The minimum absolute atomic E-state index is 0.166. The van der Waals surface area contributed by atoms with Crippen LogP contribution in [0.1, 0.15) is 10.9 Å². The van der Waals surface area contributed by atoms with Crippen LogP contribution in [0, 0.1) is 5.82 Å². The Morgan fingerprint density at radius 3 is 2.81 bits per heavy atom. The molecule has 0 amide bonds. The van der Waals surface area contributed by atoms with Crippen LogP contribution in [0.3, 0.4) is 0 Å². The summed E-state index contributed by atoms with van der Waals surface area (Å²) in [7, 11) is 1.41. The van der Waals surface area contributed by atoms with E-state index >= 15 is 0 Å². The van der Waals surface area contributed by atoms with Gasteiger partial charge in [-0.2, -0.15) is 4.98 Å². The van der Waals surface area contributed by atoms with Gasteiger partial charge in [0.2, 0.25) is 11.7 Å². The first-order valence-corrected chi connectivity index (χ1v) is 9.25. The molecule has 0 saturated heterocycles. The van der Waals surface area contributed by atoms with E-state index in [0.29, 0.717) is 28.7 Å². The summed E-state index contributed by atoms with van der Waals surface area (Å²) in [4.78, 5) is 8.92. The number of benzene rings is 2. The summed E-state index contributed by atoms with van der Waals surface area (Å²) in [6.07, 6.45) is 0.400. The minimum Gasteiger partial charge on any atom is -0.494 e. The van der Waals surface area contributed by atoms with Crippen molar-refractivity contribution in [3.63, 3.8) is 0 Å². The third-order valence-electron chi connectivity index (χ3n) is 3.85. The minimum atomic E-state index is -0.479. The van der Waals surface area contributed by atoms with Gasteiger partial charge in [0.05, 0.1) is 19.2 Å².